The van der Waals surface area contributed by atoms with Crippen LogP contribution in [0.2, 0.25) is 0 Å². The summed E-state index contributed by atoms with van der Waals surface area (Å²) in [4.78, 5) is 0.896. The fourth-order valence-corrected chi connectivity index (χ4v) is 0.741. The molecule has 1 aromatic rings. The van der Waals surface area contributed by atoms with Crippen molar-refractivity contribution >= 4 is 12.6 Å². The van der Waals surface area contributed by atoms with E-state index < -0.39 is 0 Å². The molecule has 0 aromatic heterocycles. The Balaban J connectivity index is 2.88. The van der Waals surface area contributed by atoms with Crippen LogP contribution in [0.4, 0.5) is 0 Å². The first kappa shape index (κ1) is 6.65. The Morgan fingerprint density at radius 1 is 1.22 bits per heavy atom. The third kappa shape index (κ3) is 1.73. The first-order chi connectivity index (χ1) is 4.33. The molecule has 9 heavy (non-hydrogen) atoms. The van der Waals surface area contributed by atoms with Crippen LogP contribution in [0.15, 0.2) is 29.2 Å². The van der Waals surface area contributed by atoms with Gasteiger partial charge in [0.2, 0.25) is 0 Å². The third-order valence-electron chi connectivity index (χ3n) is 1.10. The van der Waals surface area contributed by atoms with Crippen molar-refractivity contribution in [3.8, 4) is 0 Å². The summed E-state index contributed by atoms with van der Waals surface area (Å²) < 4.78 is 0. The Kier molecular flexibility index (Phi) is 2.14. The summed E-state index contributed by atoms with van der Waals surface area (Å²) in [5.74, 6) is 0. The van der Waals surface area contributed by atoms with Crippen LogP contribution in [0, 0.1) is 0 Å². The van der Waals surface area contributed by atoms with Crippen molar-refractivity contribution in [3.05, 3.63) is 29.8 Å². The molecule has 0 heterocycles. The SMILES string of the molecule is [O]Cc1ccc(S)cc1. The van der Waals surface area contributed by atoms with E-state index in [-0.39, 0.29) is 6.61 Å². The molecule has 0 aliphatic carbocycles. The molecular formula is C7H7OS. The molecule has 0 N–H and O–H groups in total. The second-order valence-corrected chi connectivity index (χ2v) is 2.33. The molecule has 0 fully saturated rings. The number of hydrogen-bond acceptors (Lipinski definition) is 1. The average Bonchev–Trinajstić information content (AvgIpc) is 1.90. The molecule has 0 saturated carbocycles. The van der Waals surface area contributed by atoms with Gasteiger partial charge in [0.15, 0.2) is 0 Å². The zero-order valence-corrected chi connectivity index (χ0v) is 5.77. The van der Waals surface area contributed by atoms with Gasteiger partial charge >= 0.3 is 0 Å². The molecule has 1 aromatic carbocycles. The Morgan fingerprint density at radius 2 is 1.78 bits per heavy atom. The summed E-state index contributed by atoms with van der Waals surface area (Å²) in [6.45, 7) is -0.145. The van der Waals surface area contributed by atoms with Crippen LogP contribution in [0.5, 0.6) is 0 Å². The minimum Gasteiger partial charge on any atom is -0.232 e. The standard InChI is InChI=1S/C7H7OS/c8-5-6-1-3-7(9)4-2-6/h1-4,9H,5H2. The quantitative estimate of drug-likeness (QED) is 0.573. The highest BCUT2D eigenvalue weighted by Gasteiger charge is 1.87. The van der Waals surface area contributed by atoms with Gasteiger partial charge in [-0.25, -0.2) is 5.11 Å². The highest BCUT2D eigenvalue weighted by Crippen LogP contribution is 2.06. The van der Waals surface area contributed by atoms with Crippen molar-refractivity contribution < 1.29 is 5.11 Å². The van der Waals surface area contributed by atoms with Gasteiger partial charge in [-0.1, -0.05) is 12.1 Å². The lowest BCUT2D eigenvalue weighted by Crippen LogP contribution is -1.77. The molecule has 0 atom stereocenters. The van der Waals surface area contributed by atoms with Gasteiger partial charge in [0.05, 0.1) is 0 Å². The van der Waals surface area contributed by atoms with Crippen LogP contribution in [0.1, 0.15) is 5.56 Å². The highest BCUT2D eigenvalue weighted by molar-refractivity contribution is 7.80. The maximum atomic E-state index is 10.2. The third-order valence-corrected chi connectivity index (χ3v) is 1.40. The largest absolute Gasteiger partial charge is 0.232 e. The molecule has 0 amide bonds. The van der Waals surface area contributed by atoms with Crippen molar-refractivity contribution in [2.24, 2.45) is 0 Å². The second-order valence-electron chi connectivity index (χ2n) is 1.81. The molecule has 0 aliphatic rings. The van der Waals surface area contributed by atoms with Gasteiger partial charge in [0.1, 0.15) is 6.61 Å². The topological polar surface area (TPSA) is 19.9 Å². The summed E-state index contributed by atoms with van der Waals surface area (Å²) in [6.07, 6.45) is 0. The lowest BCUT2D eigenvalue weighted by atomic mass is 10.2. The zero-order chi connectivity index (χ0) is 6.69. The first-order valence-corrected chi connectivity index (χ1v) is 3.13. The molecule has 0 aliphatic heterocycles. The monoisotopic (exact) mass is 139 g/mol. The fourth-order valence-electron chi connectivity index (χ4n) is 0.592. The maximum Gasteiger partial charge on any atom is 0.107 e. The number of benzene rings is 1. The van der Waals surface area contributed by atoms with Gasteiger partial charge in [-0.15, -0.1) is 12.6 Å². The van der Waals surface area contributed by atoms with Crippen LogP contribution in [0.25, 0.3) is 0 Å². The zero-order valence-electron chi connectivity index (χ0n) is 4.87. The van der Waals surface area contributed by atoms with Gasteiger partial charge in [0.25, 0.3) is 0 Å². The summed E-state index contributed by atoms with van der Waals surface area (Å²) >= 11 is 4.07. The van der Waals surface area contributed by atoms with Gasteiger partial charge < -0.3 is 0 Å². The van der Waals surface area contributed by atoms with E-state index in [4.69, 9.17) is 0 Å². The molecule has 2 heteroatoms. The van der Waals surface area contributed by atoms with E-state index in [2.05, 4.69) is 12.6 Å². The Hall–Kier alpha value is -0.470. The van der Waals surface area contributed by atoms with Crippen LogP contribution in [-0.2, 0) is 11.7 Å². The molecule has 1 rings (SSSR count). The van der Waals surface area contributed by atoms with E-state index in [1.54, 1.807) is 12.1 Å². The minimum atomic E-state index is -0.145. The van der Waals surface area contributed by atoms with Crippen LogP contribution >= 0.6 is 12.6 Å². The van der Waals surface area contributed by atoms with Crippen molar-refractivity contribution in [2.75, 3.05) is 0 Å². The van der Waals surface area contributed by atoms with Crippen molar-refractivity contribution in [3.63, 3.8) is 0 Å². The summed E-state index contributed by atoms with van der Waals surface area (Å²) in [5, 5.41) is 10.2. The molecule has 0 spiro atoms. The molecule has 1 radical (unpaired) electrons. The molecule has 0 unspecified atom stereocenters. The maximum absolute atomic E-state index is 10.2. The normalized spacial score (nSPS) is 9.56. The van der Waals surface area contributed by atoms with Gasteiger partial charge in [-0.3, -0.25) is 0 Å². The highest BCUT2D eigenvalue weighted by atomic mass is 32.1. The van der Waals surface area contributed by atoms with Gasteiger partial charge in [-0.05, 0) is 17.7 Å². The average molecular weight is 139 g/mol. The van der Waals surface area contributed by atoms with E-state index in [0.717, 1.165) is 10.5 Å². The van der Waals surface area contributed by atoms with E-state index in [0.29, 0.717) is 0 Å². The number of thiol groups is 1. The Labute approximate surface area is 59.7 Å². The Morgan fingerprint density at radius 3 is 2.22 bits per heavy atom. The van der Waals surface area contributed by atoms with Crippen molar-refractivity contribution in [1.29, 1.82) is 0 Å². The van der Waals surface area contributed by atoms with Gasteiger partial charge in [0, 0.05) is 4.90 Å². The lowest BCUT2D eigenvalue weighted by molar-refractivity contribution is 0.177. The Bertz CT molecular complexity index is 181. The van der Waals surface area contributed by atoms with Crippen LogP contribution in [-0.4, -0.2) is 0 Å². The number of rotatable bonds is 1. The molecular weight excluding hydrogens is 132 g/mol. The fraction of sp³-hybridized carbons (Fsp3) is 0.143. The van der Waals surface area contributed by atoms with Crippen molar-refractivity contribution in [2.45, 2.75) is 11.5 Å². The summed E-state index contributed by atoms with van der Waals surface area (Å²) in [7, 11) is 0. The van der Waals surface area contributed by atoms with E-state index in [9.17, 15) is 5.11 Å². The van der Waals surface area contributed by atoms with Crippen LogP contribution < -0.4 is 0 Å². The molecule has 1 nitrogen and oxygen atoms in total. The first-order valence-electron chi connectivity index (χ1n) is 2.69. The predicted octanol–water partition coefficient (Wildman–Crippen LogP) is 1.91. The smallest absolute Gasteiger partial charge is 0.107 e. The van der Waals surface area contributed by atoms with Crippen LogP contribution in [0.3, 0.4) is 0 Å². The van der Waals surface area contributed by atoms with E-state index in [1.165, 1.54) is 0 Å². The molecule has 0 bridgehead atoms. The van der Waals surface area contributed by atoms with Gasteiger partial charge in [-0.2, -0.15) is 0 Å². The molecule has 47 valence electrons. The van der Waals surface area contributed by atoms with E-state index >= 15 is 0 Å². The second kappa shape index (κ2) is 2.90. The minimum absolute atomic E-state index is 0.145. The predicted molar refractivity (Wildman–Crippen MR) is 38.1 cm³/mol. The summed E-state index contributed by atoms with van der Waals surface area (Å²) in [5.41, 5.74) is 0.813. The van der Waals surface area contributed by atoms with E-state index in [1.807, 2.05) is 12.1 Å². The lowest BCUT2D eigenvalue weighted by Gasteiger charge is -1.92. The molecule has 0 saturated heterocycles. The summed E-state index contributed by atoms with van der Waals surface area (Å²) in [6, 6.07) is 7.21. The van der Waals surface area contributed by atoms with Crippen molar-refractivity contribution in [1.82, 2.24) is 0 Å². The number of hydrogen-bond donors (Lipinski definition) is 1.